The van der Waals surface area contributed by atoms with E-state index < -0.39 is 0 Å². The number of nitrogens with one attached hydrogen (secondary N) is 1. The average molecular weight is 349 g/mol. The summed E-state index contributed by atoms with van der Waals surface area (Å²) in [4.78, 5) is 20.6. The highest BCUT2D eigenvalue weighted by molar-refractivity contribution is 6.01. The van der Waals surface area contributed by atoms with Gasteiger partial charge in [0.05, 0.1) is 24.9 Å². The van der Waals surface area contributed by atoms with Gasteiger partial charge < -0.3 is 19.5 Å². The Morgan fingerprint density at radius 2 is 1.92 bits per heavy atom. The van der Waals surface area contributed by atoms with Gasteiger partial charge in [0.1, 0.15) is 5.75 Å². The standard InChI is InChI=1S/C21H23N3O2/c1-3-23-11-12-24(18-9-5-4-8-17(18)23)20(25)13-15-14-22-16-7-6-10-19(26-2)21(15)16/h4-10,14,22H,3,11-13H2,1-2H3. The summed E-state index contributed by atoms with van der Waals surface area (Å²) in [6.07, 6.45) is 2.26. The second-order valence-corrected chi connectivity index (χ2v) is 6.49. The molecule has 0 fully saturated rings. The number of benzene rings is 2. The predicted octanol–water partition coefficient (Wildman–Crippen LogP) is 3.59. The van der Waals surface area contributed by atoms with Crippen LogP contribution in [0.1, 0.15) is 12.5 Å². The van der Waals surface area contributed by atoms with E-state index in [4.69, 9.17) is 4.74 Å². The van der Waals surface area contributed by atoms with Gasteiger partial charge in [-0.2, -0.15) is 0 Å². The highest BCUT2D eigenvalue weighted by Crippen LogP contribution is 2.34. The van der Waals surface area contributed by atoms with E-state index in [9.17, 15) is 4.79 Å². The maximum absolute atomic E-state index is 13.1. The molecule has 0 radical (unpaired) electrons. The number of para-hydroxylation sites is 2. The van der Waals surface area contributed by atoms with E-state index in [1.807, 2.05) is 47.5 Å². The largest absolute Gasteiger partial charge is 0.496 e. The smallest absolute Gasteiger partial charge is 0.231 e. The third-order valence-electron chi connectivity index (χ3n) is 5.10. The fourth-order valence-corrected chi connectivity index (χ4v) is 3.80. The minimum Gasteiger partial charge on any atom is -0.496 e. The minimum absolute atomic E-state index is 0.111. The van der Waals surface area contributed by atoms with Crippen LogP contribution in [0.3, 0.4) is 0 Å². The van der Waals surface area contributed by atoms with Crippen LogP contribution in [0.25, 0.3) is 10.9 Å². The zero-order valence-electron chi connectivity index (χ0n) is 15.2. The first-order valence-electron chi connectivity index (χ1n) is 9.00. The molecule has 26 heavy (non-hydrogen) atoms. The Morgan fingerprint density at radius 1 is 1.12 bits per heavy atom. The Bertz CT molecular complexity index is 947. The molecule has 3 aromatic rings. The quantitative estimate of drug-likeness (QED) is 0.783. The number of hydrogen-bond acceptors (Lipinski definition) is 3. The maximum atomic E-state index is 13.1. The molecule has 1 amide bonds. The van der Waals surface area contributed by atoms with Crippen molar-refractivity contribution in [2.75, 3.05) is 36.5 Å². The summed E-state index contributed by atoms with van der Waals surface area (Å²) in [5, 5.41) is 0.990. The summed E-state index contributed by atoms with van der Waals surface area (Å²) in [7, 11) is 1.66. The number of amides is 1. The van der Waals surface area contributed by atoms with Crippen LogP contribution < -0.4 is 14.5 Å². The van der Waals surface area contributed by atoms with Gasteiger partial charge >= 0.3 is 0 Å². The zero-order chi connectivity index (χ0) is 18.1. The number of aromatic amines is 1. The summed E-state index contributed by atoms with van der Waals surface area (Å²) in [5.41, 5.74) is 4.09. The third-order valence-corrected chi connectivity index (χ3v) is 5.10. The van der Waals surface area contributed by atoms with Crippen molar-refractivity contribution in [2.45, 2.75) is 13.3 Å². The lowest BCUT2D eigenvalue weighted by Crippen LogP contribution is -2.44. The molecule has 1 aliphatic rings. The van der Waals surface area contributed by atoms with E-state index in [0.717, 1.165) is 46.7 Å². The third kappa shape index (κ3) is 2.69. The predicted molar refractivity (Wildman–Crippen MR) is 105 cm³/mol. The van der Waals surface area contributed by atoms with Gasteiger partial charge in [0.15, 0.2) is 0 Å². The number of aromatic nitrogens is 1. The maximum Gasteiger partial charge on any atom is 0.231 e. The lowest BCUT2D eigenvalue weighted by molar-refractivity contribution is -0.118. The molecule has 4 rings (SSSR count). The van der Waals surface area contributed by atoms with Gasteiger partial charge in [0.25, 0.3) is 0 Å². The topological polar surface area (TPSA) is 48.6 Å². The van der Waals surface area contributed by atoms with Crippen molar-refractivity contribution in [2.24, 2.45) is 0 Å². The van der Waals surface area contributed by atoms with Crippen LogP contribution in [-0.2, 0) is 11.2 Å². The van der Waals surface area contributed by atoms with Gasteiger partial charge in [0, 0.05) is 36.7 Å². The molecule has 2 heterocycles. The van der Waals surface area contributed by atoms with Crippen LogP contribution >= 0.6 is 0 Å². The summed E-state index contributed by atoms with van der Waals surface area (Å²) >= 11 is 0. The normalized spacial score (nSPS) is 13.8. The molecule has 0 atom stereocenters. The Hall–Kier alpha value is -2.95. The number of methoxy groups -OCH3 is 1. The van der Waals surface area contributed by atoms with Crippen molar-refractivity contribution in [1.82, 2.24) is 4.98 Å². The van der Waals surface area contributed by atoms with Crippen molar-refractivity contribution >= 4 is 28.2 Å². The second-order valence-electron chi connectivity index (χ2n) is 6.49. The molecule has 0 unspecified atom stereocenters. The Morgan fingerprint density at radius 3 is 2.69 bits per heavy atom. The molecular formula is C21H23N3O2. The second kappa shape index (κ2) is 6.75. The van der Waals surface area contributed by atoms with Crippen LogP contribution in [-0.4, -0.2) is 37.6 Å². The van der Waals surface area contributed by atoms with Crippen LogP contribution in [0.2, 0.25) is 0 Å². The summed E-state index contributed by atoms with van der Waals surface area (Å²) in [5.74, 6) is 0.905. The van der Waals surface area contributed by atoms with Crippen LogP contribution in [0.4, 0.5) is 11.4 Å². The number of anilines is 2. The molecular weight excluding hydrogens is 326 g/mol. The first-order chi connectivity index (χ1) is 12.7. The van der Waals surface area contributed by atoms with Crippen molar-refractivity contribution in [1.29, 1.82) is 0 Å². The number of H-pyrrole nitrogens is 1. The first-order valence-corrected chi connectivity index (χ1v) is 9.00. The van der Waals surface area contributed by atoms with Crippen molar-refractivity contribution in [3.05, 3.63) is 54.2 Å². The first kappa shape index (κ1) is 16.5. The number of hydrogen-bond donors (Lipinski definition) is 1. The Balaban J connectivity index is 1.66. The number of carbonyl (C=O) groups excluding carboxylic acids is 1. The lowest BCUT2D eigenvalue weighted by atomic mass is 10.1. The number of carbonyl (C=O) groups is 1. The fourth-order valence-electron chi connectivity index (χ4n) is 3.80. The number of ether oxygens (including phenoxy) is 1. The van der Waals surface area contributed by atoms with Crippen LogP contribution in [0, 0.1) is 0 Å². The number of rotatable bonds is 4. The van der Waals surface area contributed by atoms with E-state index in [-0.39, 0.29) is 5.91 Å². The van der Waals surface area contributed by atoms with Gasteiger partial charge in [-0.15, -0.1) is 0 Å². The molecule has 2 aromatic carbocycles. The fraction of sp³-hybridized carbons (Fsp3) is 0.286. The SMILES string of the molecule is CCN1CCN(C(=O)Cc2c[nH]c3cccc(OC)c23)c2ccccc21. The molecule has 0 bridgehead atoms. The van der Waals surface area contributed by atoms with Crippen molar-refractivity contribution < 1.29 is 9.53 Å². The lowest BCUT2D eigenvalue weighted by Gasteiger charge is -2.37. The van der Waals surface area contributed by atoms with E-state index in [1.54, 1.807) is 7.11 Å². The van der Waals surface area contributed by atoms with Gasteiger partial charge in [0.2, 0.25) is 5.91 Å². The molecule has 1 aromatic heterocycles. The van der Waals surface area contributed by atoms with E-state index in [1.165, 1.54) is 0 Å². The highest BCUT2D eigenvalue weighted by Gasteiger charge is 2.26. The van der Waals surface area contributed by atoms with Crippen LogP contribution in [0.15, 0.2) is 48.7 Å². The van der Waals surface area contributed by atoms with Crippen LogP contribution in [0.5, 0.6) is 5.75 Å². The summed E-state index contributed by atoms with van der Waals surface area (Å²) < 4.78 is 5.49. The van der Waals surface area contributed by atoms with Gasteiger partial charge in [-0.25, -0.2) is 0 Å². The highest BCUT2D eigenvalue weighted by atomic mass is 16.5. The molecule has 0 saturated heterocycles. The molecule has 5 heteroatoms. The van der Waals surface area contributed by atoms with Gasteiger partial charge in [-0.3, -0.25) is 4.79 Å². The number of likely N-dealkylation sites (N-methyl/N-ethyl adjacent to an activating group) is 1. The molecule has 0 saturated carbocycles. The number of fused-ring (bicyclic) bond motifs is 2. The molecule has 1 aliphatic heterocycles. The summed E-state index contributed by atoms with van der Waals surface area (Å²) in [6.45, 7) is 4.66. The molecule has 0 aliphatic carbocycles. The van der Waals surface area contributed by atoms with E-state index in [0.29, 0.717) is 13.0 Å². The summed E-state index contributed by atoms with van der Waals surface area (Å²) in [6, 6.07) is 14.0. The average Bonchev–Trinajstić information content (AvgIpc) is 3.10. The number of nitrogens with zero attached hydrogens (tertiary/aromatic N) is 2. The molecule has 1 N–H and O–H groups in total. The Labute approximate surface area is 153 Å². The molecule has 5 nitrogen and oxygen atoms in total. The monoisotopic (exact) mass is 349 g/mol. The molecule has 134 valence electrons. The van der Waals surface area contributed by atoms with Gasteiger partial charge in [-0.1, -0.05) is 18.2 Å². The molecule has 0 spiro atoms. The minimum atomic E-state index is 0.111. The van der Waals surface area contributed by atoms with E-state index >= 15 is 0 Å². The Kier molecular flexibility index (Phi) is 4.29. The van der Waals surface area contributed by atoms with E-state index in [2.05, 4.69) is 22.9 Å². The van der Waals surface area contributed by atoms with Gasteiger partial charge in [-0.05, 0) is 36.8 Å². The zero-order valence-corrected chi connectivity index (χ0v) is 15.2. The van der Waals surface area contributed by atoms with Crippen molar-refractivity contribution in [3.63, 3.8) is 0 Å². The van der Waals surface area contributed by atoms with Crippen molar-refractivity contribution in [3.8, 4) is 5.75 Å².